The topological polar surface area (TPSA) is 81.1 Å². The third-order valence-electron chi connectivity index (χ3n) is 3.29. The largest absolute Gasteiger partial charge is 0.395 e. The van der Waals surface area contributed by atoms with Gasteiger partial charge in [-0.15, -0.1) is 0 Å². The Bertz CT molecular complexity index is 507. The molecule has 2 N–H and O–H groups in total. The number of aliphatic hydroxyl groups excluding tert-OH is 1. The van der Waals surface area contributed by atoms with Crippen molar-refractivity contribution in [2.45, 2.75) is 4.90 Å². The molecule has 1 aromatic rings. The average Bonchev–Trinajstić information content (AvgIpc) is 2.39. The molecule has 0 bridgehead atoms. The molecule has 1 heterocycles. The number of benzene rings is 1. The van der Waals surface area contributed by atoms with E-state index >= 15 is 0 Å². The highest BCUT2D eigenvalue weighted by Gasteiger charge is 2.17. The Kier molecular flexibility index (Phi) is 4.41. The van der Waals surface area contributed by atoms with Crippen molar-refractivity contribution in [1.82, 2.24) is 4.90 Å². The summed E-state index contributed by atoms with van der Waals surface area (Å²) in [5.41, 5.74) is 0.941. The molecular weight excluding hydrogens is 268 g/mol. The number of hydrogen-bond acceptors (Lipinski definition) is 5. The van der Waals surface area contributed by atoms with E-state index in [1.54, 1.807) is 12.1 Å². The summed E-state index contributed by atoms with van der Waals surface area (Å²) >= 11 is 0. The summed E-state index contributed by atoms with van der Waals surface area (Å²) in [6, 6.07) is 6.21. The first-order chi connectivity index (χ1) is 9.00. The Morgan fingerprint density at radius 3 is 2.11 bits per heavy atom. The first-order valence-corrected chi connectivity index (χ1v) is 7.60. The van der Waals surface area contributed by atoms with Gasteiger partial charge in [-0.1, -0.05) is 0 Å². The molecule has 0 radical (unpaired) electrons. The molecule has 1 aliphatic heterocycles. The summed E-state index contributed by atoms with van der Waals surface area (Å²) in [6.45, 7) is 4.29. The van der Waals surface area contributed by atoms with Crippen LogP contribution in [0, 0.1) is 0 Å². The zero-order chi connectivity index (χ0) is 13.9. The van der Waals surface area contributed by atoms with E-state index in [0.717, 1.165) is 31.9 Å². The van der Waals surface area contributed by atoms with Crippen molar-refractivity contribution >= 4 is 15.8 Å². The van der Waals surface area contributed by atoms with Crippen LogP contribution in [0.15, 0.2) is 29.2 Å². The van der Waals surface area contributed by atoms with Gasteiger partial charge in [0.1, 0.15) is 0 Å². The molecule has 0 aliphatic carbocycles. The van der Waals surface area contributed by atoms with E-state index in [0.29, 0.717) is 6.54 Å². The van der Waals surface area contributed by atoms with E-state index in [4.69, 9.17) is 9.66 Å². The van der Waals surface area contributed by atoms with E-state index in [-0.39, 0.29) is 11.5 Å². The maximum absolute atomic E-state index is 10.9. The lowest BCUT2D eigenvalue weighted by Crippen LogP contribution is -2.47. The van der Waals surface area contributed by atoms with Gasteiger partial charge in [0.25, 0.3) is 10.1 Å². The summed E-state index contributed by atoms with van der Waals surface area (Å²) in [4.78, 5) is 4.25. The molecule has 6 nitrogen and oxygen atoms in total. The molecule has 0 saturated carbocycles. The van der Waals surface area contributed by atoms with Crippen molar-refractivity contribution in [2.75, 3.05) is 44.2 Å². The first-order valence-electron chi connectivity index (χ1n) is 6.16. The summed E-state index contributed by atoms with van der Waals surface area (Å²) in [7, 11) is -4.12. The highest BCUT2D eigenvalue weighted by molar-refractivity contribution is 7.85. The lowest BCUT2D eigenvalue weighted by Gasteiger charge is -2.35. The fourth-order valence-electron chi connectivity index (χ4n) is 2.20. The van der Waals surface area contributed by atoms with Crippen molar-refractivity contribution in [3.63, 3.8) is 0 Å². The van der Waals surface area contributed by atoms with Gasteiger partial charge in [-0.05, 0) is 24.3 Å². The lowest BCUT2D eigenvalue weighted by atomic mass is 10.2. The van der Waals surface area contributed by atoms with Gasteiger partial charge in [0.05, 0.1) is 11.5 Å². The Morgan fingerprint density at radius 1 is 1.05 bits per heavy atom. The summed E-state index contributed by atoms with van der Waals surface area (Å²) in [5.74, 6) is 0. The number of hydrogen-bond donors (Lipinski definition) is 2. The van der Waals surface area contributed by atoms with Crippen LogP contribution in [0.1, 0.15) is 0 Å². The van der Waals surface area contributed by atoms with Crippen LogP contribution in [0.3, 0.4) is 0 Å². The third-order valence-corrected chi connectivity index (χ3v) is 4.16. The second-order valence-electron chi connectivity index (χ2n) is 4.52. The molecular formula is C12H18N2O4S. The molecule has 0 atom stereocenters. The predicted octanol–water partition coefficient (Wildman–Crippen LogP) is 0.0476. The second kappa shape index (κ2) is 5.87. The number of piperazine rings is 1. The van der Waals surface area contributed by atoms with E-state index < -0.39 is 10.1 Å². The smallest absolute Gasteiger partial charge is 0.294 e. The van der Waals surface area contributed by atoms with Crippen molar-refractivity contribution < 1.29 is 18.1 Å². The van der Waals surface area contributed by atoms with Gasteiger partial charge in [-0.25, -0.2) is 0 Å². The van der Waals surface area contributed by atoms with Crippen LogP contribution in [-0.4, -0.2) is 62.3 Å². The average molecular weight is 286 g/mol. The van der Waals surface area contributed by atoms with Crippen LogP contribution in [0.2, 0.25) is 0 Å². The van der Waals surface area contributed by atoms with E-state index in [9.17, 15) is 8.42 Å². The van der Waals surface area contributed by atoms with Crippen LogP contribution < -0.4 is 4.90 Å². The lowest BCUT2D eigenvalue weighted by molar-refractivity contribution is 0.189. The van der Waals surface area contributed by atoms with E-state index in [2.05, 4.69) is 9.80 Å². The van der Waals surface area contributed by atoms with Gasteiger partial charge in [0, 0.05) is 38.4 Å². The van der Waals surface area contributed by atoms with Crippen LogP contribution in [0.5, 0.6) is 0 Å². The number of anilines is 1. The Morgan fingerprint density at radius 2 is 1.63 bits per heavy atom. The van der Waals surface area contributed by atoms with Crippen molar-refractivity contribution in [1.29, 1.82) is 0 Å². The minimum atomic E-state index is -4.12. The van der Waals surface area contributed by atoms with Gasteiger partial charge < -0.3 is 10.0 Å². The number of β-amino-alcohol motifs (C(OH)–C–C–N with tert-alkyl or cyclic N) is 1. The fraction of sp³-hybridized carbons (Fsp3) is 0.500. The monoisotopic (exact) mass is 286 g/mol. The third kappa shape index (κ3) is 3.66. The maximum atomic E-state index is 10.9. The SMILES string of the molecule is O=S(=O)(O)c1ccc(N2CCN(CCO)CC2)cc1. The highest BCUT2D eigenvalue weighted by atomic mass is 32.2. The van der Waals surface area contributed by atoms with Crippen molar-refractivity contribution in [2.24, 2.45) is 0 Å². The molecule has 1 aromatic carbocycles. The maximum Gasteiger partial charge on any atom is 0.294 e. The molecule has 7 heteroatoms. The Labute approximate surface area is 113 Å². The zero-order valence-electron chi connectivity index (χ0n) is 10.6. The quantitative estimate of drug-likeness (QED) is 0.761. The highest BCUT2D eigenvalue weighted by Crippen LogP contribution is 2.19. The second-order valence-corrected chi connectivity index (χ2v) is 5.94. The standard InChI is InChI=1S/C12H18N2O4S/c15-10-9-13-5-7-14(8-6-13)11-1-3-12(4-2-11)19(16,17)18/h1-4,15H,5-10H2,(H,16,17,18). The van der Waals surface area contributed by atoms with Crippen LogP contribution in [0.25, 0.3) is 0 Å². The molecule has 1 aliphatic rings. The molecule has 0 aromatic heterocycles. The minimum absolute atomic E-state index is 0.0878. The van der Waals surface area contributed by atoms with Gasteiger partial charge in [0.15, 0.2) is 0 Å². The number of aliphatic hydroxyl groups is 1. The Hall–Kier alpha value is -1.15. The van der Waals surface area contributed by atoms with Crippen LogP contribution in [-0.2, 0) is 10.1 Å². The van der Waals surface area contributed by atoms with Crippen molar-refractivity contribution in [3.05, 3.63) is 24.3 Å². The van der Waals surface area contributed by atoms with E-state index in [1.807, 2.05) is 0 Å². The van der Waals surface area contributed by atoms with Gasteiger partial charge >= 0.3 is 0 Å². The Balaban J connectivity index is 2.00. The zero-order valence-corrected chi connectivity index (χ0v) is 11.4. The van der Waals surface area contributed by atoms with E-state index in [1.165, 1.54) is 12.1 Å². The molecule has 1 saturated heterocycles. The molecule has 0 amide bonds. The van der Waals surface area contributed by atoms with Crippen molar-refractivity contribution in [3.8, 4) is 0 Å². The van der Waals surface area contributed by atoms with Crippen LogP contribution >= 0.6 is 0 Å². The molecule has 2 rings (SSSR count). The molecule has 0 unspecified atom stereocenters. The summed E-state index contributed by atoms with van der Waals surface area (Å²) in [5, 5.41) is 8.87. The van der Waals surface area contributed by atoms with Crippen LogP contribution in [0.4, 0.5) is 5.69 Å². The molecule has 0 spiro atoms. The van der Waals surface area contributed by atoms with Gasteiger partial charge in [-0.2, -0.15) is 8.42 Å². The molecule has 1 fully saturated rings. The minimum Gasteiger partial charge on any atom is -0.395 e. The number of rotatable bonds is 4. The normalized spacial score (nSPS) is 17.7. The fourth-order valence-corrected chi connectivity index (χ4v) is 2.68. The van der Waals surface area contributed by atoms with Gasteiger partial charge in [-0.3, -0.25) is 9.45 Å². The predicted molar refractivity (Wildman–Crippen MR) is 72.0 cm³/mol. The summed E-state index contributed by atoms with van der Waals surface area (Å²) in [6.07, 6.45) is 0. The van der Waals surface area contributed by atoms with Gasteiger partial charge in [0.2, 0.25) is 0 Å². The first kappa shape index (κ1) is 14.3. The number of nitrogens with zero attached hydrogens (tertiary/aromatic N) is 2. The summed E-state index contributed by atoms with van der Waals surface area (Å²) < 4.78 is 30.8. The molecule has 19 heavy (non-hydrogen) atoms. The molecule has 106 valence electrons.